The molecule has 1 heterocycles. The average molecular weight is 309 g/mol. The Bertz CT molecular complexity index is 539. The lowest BCUT2D eigenvalue weighted by molar-refractivity contribution is -0.116. The van der Waals surface area contributed by atoms with Gasteiger partial charge in [0.1, 0.15) is 12.7 Å². The third-order valence-electron chi connectivity index (χ3n) is 2.43. The van der Waals surface area contributed by atoms with Crippen molar-refractivity contribution in [3.05, 3.63) is 40.9 Å². The van der Waals surface area contributed by atoms with Gasteiger partial charge in [0, 0.05) is 10.9 Å². The first-order valence-corrected chi connectivity index (χ1v) is 6.33. The summed E-state index contributed by atoms with van der Waals surface area (Å²) in [5, 5.41) is 6.79. The number of amides is 1. The molecule has 1 amide bonds. The summed E-state index contributed by atoms with van der Waals surface area (Å²) in [4.78, 5) is 15.6. The summed E-state index contributed by atoms with van der Waals surface area (Å²) in [7, 11) is 0. The van der Waals surface area contributed by atoms with Gasteiger partial charge in [-0.25, -0.2) is 4.98 Å². The van der Waals surface area contributed by atoms with E-state index in [2.05, 4.69) is 31.3 Å². The Morgan fingerprint density at radius 3 is 3.00 bits per heavy atom. The molecule has 94 valence electrons. The third-order valence-corrected chi connectivity index (χ3v) is 3.09. The van der Waals surface area contributed by atoms with Gasteiger partial charge in [-0.05, 0) is 40.5 Å². The van der Waals surface area contributed by atoms with Crippen molar-refractivity contribution in [2.75, 3.05) is 5.32 Å². The molecule has 0 bridgehead atoms. The first-order valence-electron chi connectivity index (χ1n) is 5.53. The number of halogens is 1. The maximum atomic E-state index is 11.8. The van der Waals surface area contributed by atoms with Crippen LogP contribution >= 0.6 is 15.9 Å². The molecule has 0 aliphatic carbocycles. The van der Waals surface area contributed by atoms with Crippen LogP contribution in [0.5, 0.6) is 0 Å². The fraction of sp³-hybridized carbons (Fsp3) is 0.250. The molecule has 0 fully saturated rings. The maximum absolute atomic E-state index is 11.8. The molecule has 1 N–H and O–H groups in total. The molecule has 1 aromatic carbocycles. The number of nitrogens with zero attached hydrogens (tertiary/aromatic N) is 3. The molecule has 6 heteroatoms. The van der Waals surface area contributed by atoms with Crippen molar-refractivity contribution in [3.8, 4) is 0 Å². The summed E-state index contributed by atoms with van der Waals surface area (Å²) in [6.45, 7) is 2.52. The Balaban J connectivity index is 1.91. The van der Waals surface area contributed by atoms with Crippen LogP contribution in [0.25, 0.3) is 0 Å². The Morgan fingerprint density at radius 1 is 1.50 bits per heavy atom. The molecule has 0 radical (unpaired) electrons. The van der Waals surface area contributed by atoms with E-state index in [9.17, 15) is 4.79 Å². The van der Waals surface area contributed by atoms with Crippen LogP contribution in [0.1, 0.15) is 12.0 Å². The van der Waals surface area contributed by atoms with Gasteiger partial charge in [-0.15, -0.1) is 0 Å². The van der Waals surface area contributed by atoms with Gasteiger partial charge in [-0.2, -0.15) is 5.10 Å². The summed E-state index contributed by atoms with van der Waals surface area (Å²) < 4.78 is 2.51. The molecule has 0 saturated heterocycles. The van der Waals surface area contributed by atoms with Crippen LogP contribution in [0.3, 0.4) is 0 Å². The number of anilines is 1. The molecule has 0 spiro atoms. The van der Waals surface area contributed by atoms with Crippen molar-refractivity contribution < 1.29 is 4.79 Å². The van der Waals surface area contributed by atoms with Gasteiger partial charge in [-0.1, -0.05) is 6.07 Å². The molecule has 0 aliphatic rings. The Morgan fingerprint density at radius 2 is 2.33 bits per heavy atom. The maximum Gasteiger partial charge on any atom is 0.226 e. The van der Waals surface area contributed by atoms with Crippen LogP contribution in [-0.4, -0.2) is 20.7 Å². The molecule has 1 aromatic heterocycles. The van der Waals surface area contributed by atoms with E-state index in [4.69, 9.17) is 0 Å². The fourth-order valence-electron chi connectivity index (χ4n) is 1.50. The first-order chi connectivity index (χ1) is 8.65. The smallest absolute Gasteiger partial charge is 0.226 e. The number of hydrogen-bond acceptors (Lipinski definition) is 3. The number of carbonyl (C=O) groups is 1. The van der Waals surface area contributed by atoms with Gasteiger partial charge in [0.15, 0.2) is 0 Å². The van der Waals surface area contributed by atoms with Gasteiger partial charge < -0.3 is 5.32 Å². The van der Waals surface area contributed by atoms with Crippen molar-refractivity contribution in [3.63, 3.8) is 0 Å². The van der Waals surface area contributed by atoms with E-state index < -0.39 is 0 Å². The van der Waals surface area contributed by atoms with E-state index in [1.54, 1.807) is 11.0 Å². The average Bonchev–Trinajstić information content (AvgIpc) is 2.83. The Kier molecular flexibility index (Phi) is 4.09. The normalized spacial score (nSPS) is 10.3. The minimum absolute atomic E-state index is 0.0462. The zero-order valence-electron chi connectivity index (χ0n) is 9.93. The summed E-state index contributed by atoms with van der Waals surface area (Å²) in [5.41, 5.74) is 1.92. The summed E-state index contributed by atoms with van der Waals surface area (Å²) in [6.07, 6.45) is 3.41. The fourth-order valence-corrected chi connectivity index (χ4v) is 2.09. The zero-order valence-corrected chi connectivity index (χ0v) is 11.5. The van der Waals surface area contributed by atoms with Crippen LogP contribution in [0.4, 0.5) is 5.69 Å². The summed E-state index contributed by atoms with van der Waals surface area (Å²) >= 11 is 3.42. The predicted octanol–water partition coefficient (Wildman–Crippen LogP) is 2.38. The number of nitrogens with one attached hydrogen (secondary N) is 1. The van der Waals surface area contributed by atoms with Crippen LogP contribution < -0.4 is 5.32 Å². The largest absolute Gasteiger partial charge is 0.325 e. The standard InChI is InChI=1S/C12H13BrN4O/c1-9-2-3-11(10(13)6-9)16-12(18)4-5-17-8-14-7-15-17/h2-3,6-8H,4-5H2,1H3,(H,16,18). The van der Waals surface area contributed by atoms with Crippen LogP contribution in [0, 0.1) is 6.92 Å². The molecular formula is C12H13BrN4O. The second kappa shape index (κ2) is 5.77. The zero-order chi connectivity index (χ0) is 13.0. The van der Waals surface area contributed by atoms with E-state index in [-0.39, 0.29) is 5.91 Å². The topological polar surface area (TPSA) is 59.8 Å². The Hall–Kier alpha value is -1.69. The molecule has 0 unspecified atom stereocenters. The molecule has 0 saturated carbocycles. The lowest BCUT2D eigenvalue weighted by atomic mass is 10.2. The van der Waals surface area contributed by atoms with Gasteiger partial charge >= 0.3 is 0 Å². The van der Waals surface area contributed by atoms with Crippen molar-refractivity contribution in [2.45, 2.75) is 19.9 Å². The predicted molar refractivity (Wildman–Crippen MR) is 72.1 cm³/mol. The van der Waals surface area contributed by atoms with E-state index >= 15 is 0 Å². The quantitative estimate of drug-likeness (QED) is 0.943. The van der Waals surface area contributed by atoms with Crippen LogP contribution in [-0.2, 0) is 11.3 Å². The van der Waals surface area contributed by atoms with Crippen molar-refractivity contribution in [2.24, 2.45) is 0 Å². The molecule has 0 aliphatic heterocycles. The number of aryl methyl sites for hydroxylation is 2. The summed E-state index contributed by atoms with van der Waals surface area (Å²) in [6, 6.07) is 5.80. The molecule has 2 aromatic rings. The molecule has 2 rings (SSSR count). The second-order valence-corrected chi connectivity index (χ2v) is 4.79. The third kappa shape index (κ3) is 3.40. The summed E-state index contributed by atoms with van der Waals surface area (Å²) in [5.74, 6) is -0.0462. The van der Waals surface area contributed by atoms with E-state index in [1.807, 2.05) is 25.1 Å². The van der Waals surface area contributed by atoms with Crippen molar-refractivity contribution in [1.29, 1.82) is 0 Å². The van der Waals surface area contributed by atoms with E-state index in [0.717, 1.165) is 15.7 Å². The monoisotopic (exact) mass is 308 g/mol. The number of carbonyl (C=O) groups excluding carboxylic acids is 1. The first kappa shape index (κ1) is 12.8. The van der Waals surface area contributed by atoms with Crippen LogP contribution in [0.15, 0.2) is 35.3 Å². The van der Waals surface area contributed by atoms with E-state index in [0.29, 0.717) is 13.0 Å². The number of aromatic nitrogens is 3. The molecular weight excluding hydrogens is 296 g/mol. The van der Waals surface area contributed by atoms with Crippen LogP contribution in [0.2, 0.25) is 0 Å². The molecule has 18 heavy (non-hydrogen) atoms. The SMILES string of the molecule is Cc1ccc(NC(=O)CCn2cncn2)c(Br)c1. The molecule has 5 nitrogen and oxygen atoms in total. The highest BCUT2D eigenvalue weighted by Gasteiger charge is 2.06. The van der Waals surface area contributed by atoms with Crippen molar-refractivity contribution >= 4 is 27.5 Å². The minimum atomic E-state index is -0.0462. The number of rotatable bonds is 4. The lowest BCUT2D eigenvalue weighted by Gasteiger charge is -2.08. The van der Waals surface area contributed by atoms with Crippen molar-refractivity contribution in [1.82, 2.24) is 14.8 Å². The highest BCUT2D eigenvalue weighted by molar-refractivity contribution is 9.10. The van der Waals surface area contributed by atoms with E-state index in [1.165, 1.54) is 6.33 Å². The molecule has 0 atom stereocenters. The Labute approximate surface area is 113 Å². The van der Waals surface area contributed by atoms with Gasteiger partial charge in [0.25, 0.3) is 0 Å². The lowest BCUT2D eigenvalue weighted by Crippen LogP contribution is -2.15. The highest BCUT2D eigenvalue weighted by atomic mass is 79.9. The second-order valence-electron chi connectivity index (χ2n) is 3.94. The van der Waals surface area contributed by atoms with Gasteiger partial charge in [0.05, 0.1) is 12.2 Å². The van der Waals surface area contributed by atoms with Gasteiger partial charge in [0.2, 0.25) is 5.91 Å². The number of benzene rings is 1. The number of hydrogen-bond donors (Lipinski definition) is 1. The minimum Gasteiger partial charge on any atom is -0.325 e. The van der Waals surface area contributed by atoms with Gasteiger partial charge in [-0.3, -0.25) is 9.48 Å². The highest BCUT2D eigenvalue weighted by Crippen LogP contribution is 2.23.